The third-order valence-electron chi connectivity index (χ3n) is 2.74. The fourth-order valence-corrected chi connectivity index (χ4v) is 1.95. The molecule has 0 aliphatic heterocycles. The van der Waals surface area contributed by atoms with Crippen LogP contribution in [0.4, 0.5) is 0 Å². The minimum atomic E-state index is 0.0301. The van der Waals surface area contributed by atoms with Crippen molar-refractivity contribution in [3.8, 4) is 11.5 Å². The number of hydrogen-bond donors (Lipinski definition) is 1. The van der Waals surface area contributed by atoms with Gasteiger partial charge in [-0.1, -0.05) is 24.3 Å². The number of phenols is 1. The molecular formula is C14H14O3. The van der Waals surface area contributed by atoms with Gasteiger partial charge in [0.15, 0.2) is 0 Å². The van der Waals surface area contributed by atoms with Crippen LogP contribution in [0.1, 0.15) is 12.5 Å². The van der Waals surface area contributed by atoms with Crippen LogP contribution in [0.3, 0.4) is 0 Å². The summed E-state index contributed by atoms with van der Waals surface area (Å²) in [6.45, 7) is 1.51. The Bertz CT molecular complexity index is 573. The van der Waals surface area contributed by atoms with E-state index in [0.29, 0.717) is 16.7 Å². The molecule has 0 amide bonds. The van der Waals surface area contributed by atoms with Crippen LogP contribution in [0.5, 0.6) is 11.5 Å². The summed E-state index contributed by atoms with van der Waals surface area (Å²) < 4.78 is 5.23. The lowest BCUT2D eigenvalue weighted by Gasteiger charge is -2.09. The van der Waals surface area contributed by atoms with Gasteiger partial charge in [-0.25, -0.2) is 0 Å². The average Bonchev–Trinajstić information content (AvgIpc) is 2.31. The zero-order chi connectivity index (χ0) is 12.4. The van der Waals surface area contributed by atoms with Gasteiger partial charge >= 0.3 is 0 Å². The first kappa shape index (κ1) is 11.5. The summed E-state index contributed by atoms with van der Waals surface area (Å²) in [5.74, 6) is 0.909. The number of carbonyl (C=O) groups excluding carboxylic acids is 1. The molecular weight excluding hydrogens is 216 g/mol. The highest BCUT2D eigenvalue weighted by Gasteiger charge is 2.10. The van der Waals surface area contributed by atoms with Crippen LogP contribution in [-0.4, -0.2) is 18.0 Å². The Kier molecular flexibility index (Phi) is 3.00. The Labute approximate surface area is 99.6 Å². The summed E-state index contributed by atoms with van der Waals surface area (Å²) in [5.41, 5.74) is 0.651. The lowest BCUT2D eigenvalue weighted by molar-refractivity contribution is -0.116. The van der Waals surface area contributed by atoms with Crippen molar-refractivity contribution in [2.45, 2.75) is 13.3 Å². The summed E-state index contributed by atoms with van der Waals surface area (Å²) in [6.07, 6.45) is 0.249. The van der Waals surface area contributed by atoms with Crippen molar-refractivity contribution in [2.24, 2.45) is 0 Å². The van der Waals surface area contributed by atoms with Crippen molar-refractivity contribution in [1.29, 1.82) is 0 Å². The molecule has 0 atom stereocenters. The maximum absolute atomic E-state index is 11.1. The van der Waals surface area contributed by atoms with E-state index in [1.807, 2.05) is 24.3 Å². The first-order valence-electron chi connectivity index (χ1n) is 5.40. The number of phenolic OH excluding ortho intramolecular Hbond substituents is 1. The van der Waals surface area contributed by atoms with Gasteiger partial charge in [0.2, 0.25) is 0 Å². The normalized spacial score (nSPS) is 10.5. The Morgan fingerprint density at radius 1 is 1.24 bits per heavy atom. The highest BCUT2D eigenvalue weighted by molar-refractivity contribution is 5.95. The maximum Gasteiger partial charge on any atom is 0.134 e. The number of carbonyl (C=O) groups is 1. The summed E-state index contributed by atoms with van der Waals surface area (Å²) in [7, 11) is 1.59. The van der Waals surface area contributed by atoms with Gasteiger partial charge in [-0.05, 0) is 13.0 Å². The highest BCUT2D eigenvalue weighted by atomic mass is 16.5. The largest absolute Gasteiger partial charge is 0.507 e. The van der Waals surface area contributed by atoms with E-state index < -0.39 is 0 Å². The van der Waals surface area contributed by atoms with E-state index >= 15 is 0 Å². The molecule has 17 heavy (non-hydrogen) atoms. The molecule has 0 aromatic heterocycles. The third-order valence-corrected chi connectivity index (χ3v) is 2.74. The Morgan fingerprint density at radius 2 is 2.00 bits per heavy atom. The maximum atomic E-state index is 11.1. The van der Waals surface area contributed by atoms with Crippen molar-refractivity contribution in [3.05, 3.63) is 35.9 Å². The molecule has 2 rings (SSSR count). The summed E-state index contributed by atoms with van der Waals surface area (Å²) in [5, 5.41) is 11.7. The smallest absolute Gasteiger partial charge is 0.134 e. The van der Waals surface area contributed by atoms with Crippen molar-refractivity contribution in [1.82, 2.24) is 0 Å². The van der Waals surface area contributed by atoms with Crippen molar-refractivity contribution in [2.75, 3.05) is 7.11 Å². The minimum absolute atomic E-state index is 0.0301. The van der Waals surface area contributed by atoms with Crippen LogP contribution >= 0.6 is 0 Å². The first-order valence-corrected chi connectivity index (χ1v) is 5.40. The van der Waals surface area contributed by atoms with Gasteiger partial charge in [0, 0.05) is 22.8 Å². The van der Waals surface area contributed by atoms with E-state index in [1.165, 1.54) is 6.92 Å². The average molecular weight is 230 g/mol. The zero-order valence-corrected chi connectivity index (χ0v) is 9.86. The molecule has 2 aromatic carbocycles. The number of rotatable bonds is 3. The number of Topliss-reactive ketones (excluding diaryl/α,β-unsaturated/α-hetero) is 1. The Morgan fingerprint density at radius 3 is 2.65 bits per heavy atom. The second kappa shape index (κ2) is 4.45. The zero-order valence-electron chi connectivity index (χ0n) is 9.86. The van der Waals surface area contributed by atoms with Crippen molar-refractivity contribution in [3.63, 3.8) is 0 Å². The predicted molar refractivity (Wildman–Crippen MR) is 66.5 cm³/mol. The van der Waals surface area contributed by atoms with Gasteiger partial charge < -0.3 is 9.84 Å². The van der Waals surface area contributed by atoms with E-state index in [9.17, 15) is 9.90 Å². The summed E-state index contributed by atoms with van der Waals surface area (Å²) in [4.78, 5) is 11.1. The number of fused-ring (bicyclic) bond motifs is 1. The van der Waals surface area contributed by atoms with Crippen LogP contribution in [-0.2, 0) is 11.2 Å². The predicted octanol–water partition coefficient (Wildman–Crippen LogP) is 2.69. The van der Waals surface area contributed by atoms with Crippen LogP contribution < -0.4 is 4.74 Å². The van der Waals surface area contributed by atoms with Gasteiger partial charge in [0.25, 0.3) is 0 Å². The fraction of sp³-hybridized carbons (Fsp3) is 0.214. The lowest BCUT2D eigenvalue weighted by Crippen LogP contribution is -1.97. The number of aromatic hydroxyl groups is 1. The van der Waals surface area contributed by atoms with Gasteiger partial charge in [0.05, 0.1) is 7.11 Å². The molecule has 88 valence electrons. The fourth-order valence-electron chi connectivity index (χ4n) is 1.95. The van der Waals surface area contributed by atoms with Crippen molar-refractivity contribution < 1.29 is 14.6 Å². The Balaban J connectivity index is 2.64. The van der Waals surface area contributed by atoms with E-state index in [2.05, 4.69) is 0 Å². The molecule has 0 saturated carbocycles. The molecule has 3 nitrogen and oxygen atoms in total. The van der Waals surface area contributed by atoms with E-state index in [4.69, 9.17) is 4.74 Å². The number of methoxy groups -OCH3 is 1. The molecule has 1 N–H and O–H groups in total. The molecule has 0 saturated heterocycles. The lowest BCUT2D eigenvalue weighted by atomic mass is 10.0. The first-order chi connectivity index (χ1) is 8.13. The van der Waals surface area contributed by atoms with Crippen LogP contribution in [0.15, 0.2) is 30.3 Å². The topological polar surface area (TPSA) is 46.5 Å². The summed E-state index contributed by atoms with van der Waals surface area (Å²) in [6, 6.07) is 9.11. The molecule has 2 aromatic rings. The molecule has 0 radical (unpaired) electrons. The van der Waals surface area contributed by atoms with E-state index in [0.717, 1.165) is 5.39 Å². The second-order valence-corrected chi connectivity index (χ2v) is 4.01. The number of ether oxygens (including phenoxy) is 1. The second-order valence-electron chi connectivity index (χ2n) is 4.01. The van der Waals surface area contributed by atoms with E-state index in [-0.39, 0.29) is 18.0 Å². The molecule has 0 bridgehead atoms. The SMILES string of the molecule is COc1cccc2c(O)c(CC(C)=O)ccc12. The monoisotopic (exact) mass is 230 g/mol. The number of benzene rings is 2. The number of ketones is 1. The standard InChI is InChI=1S/C14H14O3/c1-9(15)8-10-6-7-11-12(14(10)16)4-3-5-13(11)17-2/h3-7,16H,8H2,1-2H3. The minimum Gasteiger partial charge on any atom is -0.507 e. The molecule has 3 heteroatoms. The van der Waals surface area contributed by atoms with Gasteiger partial charge in [0.1, 0.15) is 17.3 Å². The van der Waals surface area contributed by atoms with Gasteiger partial charge in [-0.2, -0.15) is 0 Å². The molecule has 0 aliphatic carbocycles. The molecule has 0 heterocycles. The van der Waals surface area contributed by atoms with Gasteiger partial charge in [-0.15, -0.1) is 0 Å². The molecule has 0 fully saturated rings. The van der Waals surface area contributed by atoms with Crippen LogP contribution in [0.2, 0.25) is 0 Å². The molecule has 0 aliphatic rings. The van der Waals surface area contributed by atoms with Crippen LogP contribution in [0, 0.1) is 0 Å². The number of hydrogen-bond acceptors (Lipinski definition) is 3. The molecule has 0 unspecified atom stereocenters. The third kappa shape index (κ3) is 2.09. The quantitative estimate of drug-likeness (QED) is 0.881. The van der Waals surface area contributed by atoms with Crippen molar-refractivity contribution >= 4 is 16.6 Å². The van der Waals surface area contributed by atoms with E-state index in [1.54, 1.807) is 13.2 Å². The van der Waals surface area contributed by atoms with Gasteiger partial charge in [-0.3, -0.25) is 4.79 Å². The summed E-state index contributed by atoms with van der Waals surface area (Å²) >= 11 is 0. The van der Waals surface area contributed by atoms with Crippen LogP contribution in [0.25, 0.3) is 10.8 Å². The molecule has 0 spiro atoms. The Hall–Kier alpha value is -2.03. The highest BCUT2D eigenvalue weighted by Crippen LogP contribution is 2.34.